The van der Waals surface area contributed by atoms with Gasteiger partial charge < -0.3 is 14.8 Å². The third-order valence-electron chi connectivity index (χ3n) is 3.55. The molecule has 0 fully saturated rings. The molecule has 3 rings (SSSR count). The highest BCUT2D eigenvalue weighted by Crippen LogP contribution is 2.19. The maximum atomic E-state index is 11.9. The average molecular weight is 414 g/mol. The Bertz CT molecular complexity index is 942. The van der Waals surface area contributed by atoms with Gasteiger partial charge in [0.05, 0.1) is 0 Å². The molecule has 0 bridgehead atoms. The van der Waals surface area contributed by atoms with Crippen molar-refractivity contribution < 1.29 is 19.1 Å². The SMILES string of the molecule is O=C(COC(=O)COc1cccc(Br)c1)Nc1ccc2ccccc2c1. The van der Waals surface area contributed by atoms with E-state index < -0.39 is 11.9 Å². The number of esters is 1. The Morgan fingerprint density at radius 2 is 1.69 bits per heavy atom. The Kier molecular flexibility index (Phi) is 5.86. The first kappa shape index (κ1) is 17.9. The topological polar surface area (TPSA) is 64.6 Å². The Hall–Kier alpha value is -2.86. The third kappa shape index (κ3) is 5.07. The number of rotatable bonds is 6. The van der Waals surface area contributed by atoms with Crippen molar-refractivity contribution in [3.05, 3.63) is 71.2 Å². The van der Waals surface area contributed by atoms with Crippen LogP contribution < -0.4 is 10.1 Å². The number of carbonyl (C=O) groups excluding carboxylic acids is 2. The van der Waals surface area contributed by atoms with Gasteiger partial charge in [-0.1, -0.05) is 52.3 Å². The van der Waals surface area contributed by atoms with Gasteiger partial charge in [0.15, 0.2) is 13.2 Å². The lowest BCUT2D eigenvalue weighted by atomic mass is 10.1. The second-order valence-corrected chi connectivity index (χ2v) is 6.43. The van der Waals surface area contributed by atoms with Crippen LogP contribution in [0.1, 0.15) is 0 Å². The predicted octanol–water partition coefficient (Wildman–Crippen LogP) is 4.16. The van der Waals surface area contributed by atoms with Crippen molar-refractivity contribution in [3.63, 3.8) is 0 Å². The number of benzene rings is 3. The molecule has 26 heavy (non-hydrogen) atoms. The van der Waals surface area contributed by atoms with Crippen LogP contribution in [0, 0.1) is 0 Å². The van der Waals surface area contributed by atoms with Gasteiger partial charge in [-0.3, -0.25) is 4.79 Å². The van der Waals surface area contributed by atoms with Crippen molar-refractivity contribution in [2.75, 3.05) is 18.5 Å². The number of fused-ring (bicyclic) bond motifs is 1. The summed E-state index contributed by atoms with van der Waals surface area (Å²) in [6, 6.07) is 20.5. The normalized spacial score (nSPS) is 10.3. The van der Waals surface area contributed by atoms with E-state index in [0.29, 0.717) is 11.4 Å². The molecule has 0 radical (unpaired) electrons. The molecule has 0 atom stereocenters. The van der Waals surface area contributed by atoms with Gasteiger partial charge in [-0.05, 0) is 41.1 Å². The minimum atomic E-state index is -0.612. The first-order chi connectivity index (χ1) is 12.6. The van der Waals surface area contributed by atoms with E-state index in [2.05, 4.69) is 21.2 Å². The van der Waals surface area contributed by atoms with E-state index >= 15 is 0 Å². The Labute approximate surface area is 159 Å². The van der Waals surface area contributed by atoms with Crippen LogP contribution in [-0.4, -0.2) is 25.1 Å². The van der Waals surface area contributed by atoms with Crippen LogP contribution in [0.2, 0.25) is 0 Å². The number of nitrogens with one attached hydrogen (secondary N) is 1. The quantitative estimate of drug-likeness (QED) is 0.616. The summed E-state index contributed by atoms with van der Waals surface area (Å²) in [5, 5.41) is 4.81. The Morgan fingerprint density at radius 3 is 2.50 bits per heavy atom. The van der Waals surface area contributed by atoms with Gasteiger partial charge in [0.1, 0.15) is 5.75 Å². The molecule has 1 N–H and O–H groups in total. The zero-order valence-corrected chi connectivity index (χ0v) is 15.4. The van der Waals surface area contributed by atoms with Crippen molar-refractivity contribution in [1.82, 2.24) is 0 Å². The summed E-state index contributed by atoms with van der Waals surface area (Å²) in [5.74, 6) is -0.480. The minimum absolute atomic E-state index is 0.264. The van der Waals surface area contributed by atoms with Crippen LogP contribution in [0.15, 0.2) is 71.2 Å². The van der Waals surface area contributed by atoms with E-state index in [1.165, 1.54) is 0 Å². The van der Waals surface area contributed by atoms with Gasteiger partial charge in [-0.15, -0.1) is 0 Å². The highest BCUT2D eigenvalue weighted by Gasteiger charge is 2.09. The Balaban J connectivity index is 1.46. The minimum Gasteiger partial charge on any atom is -0.482 e. The molecule has 0 unspecified atom stereocenters. The van der Waals surface area contributed by atoms with Crippen molar-refractivity contribution >= 4 is 44.3 Å². The number of hydrogen-bond acceptors (Lipinski definition) is 4. The van der Waals surface area contributed by atoms with E-state index in [9.17, 15) is 9.59 Å². The van der Waals surface area contributed by atoms with E-state index in [4.69, 9.17) is 9.47 Å². The first-order valence-corrected chi connectivity index (χ1v) is 8.72. The van der Waals surface area contributed by atoms with Gasteiger partial charge in [0, 0.05) is 10.2 Å². The predicted molar refractivity (Wildman–Crippen MR) is 103 cm³/mol. The lowest BCUT2D eigenvalue weighted by molar-refractivity contribution is -0.149. The van der Waals surface area contributed by atoms with Crippen LogP contribution in [-0.2, 0) is 14.3 Å². The molecule has 0 saturated heterocycles. The smallest absolute Gasteiger partial charge is 0.344 e. The summed E-state index contributed by atoms with van der Waals surface area (Å²) in [6.45, 7) is -0.632. The lowest BCUT2D eigenvalue weighted by Crippen LogP contribution is -2.23. The van der Waals surface area contributed by atoms with E-state index in [-0.39, 0.29) is 13.2 Å². The molecule has 132 valence electrons. The van der Waals surface area contributed by atoms with Gasteiger partial charge in [0.2, 0.25) is 0 Å². The van der Waals surface area contributed by atoms with Gasteiger partial charge in [-0.2, -0.15) is 0 Å². The number of hydrogen-bond donors (Lipinski definition) is 1. The Morgan fingerprint density at radius 1 is 0.885 bits per heavy atom. The van der Waals surface area contributed by atoms with Crippen molar-refractivity contribution in [1.29, 1.82) is 0 Å². The van der Waals surface area contributed by atoms with Crippen LogP contribution >= 0.6 is 15.9 Å². The molecule has 0 spiro atoms. The standard InChI is InChI=1S/C20H16BrNO4/c21-16-6-3-7-18(11-16)25-13-20(24)26-12-19(23)22-17-9-8-14-4-1-2-5-15(14)10-17/h1-11H,12-13H2,(H,22,23). The molecule has 0 saturated carbocycles. The maximum Gasteiger partial charge on any atom is 0.344 e. The fraction of sp³-hybridized carbons (Fsp3) is 0.100. The molecule has 0 aliphatic heterocycles. The zero-order valence-electron chi connectivity index (χ0n) is 13.8. The highest BCUT2D eigenvalue weighted by atomic mass is 79.9. The molecule has 6 heteroatoms. The first-order valence-electron chi connectivity index (χ1n) is 7.93. The lowest BCUT2D eigenvalue weighted by Gasteiger charge is -2.09. The average Bonchev–Trinajstić information content (AvgIpc) is 2.65. The number of halogens is 1. The molecule has 3 aromatic carbocycles. The van der Waals surface area contributed by atoms with Gasteiger partial charge in [0.25, 0.3) is 5.91 Å². The number of ether oxygens (including phenoxy) is 2. The summed E-state index contributed by atoms with van der Waals surface area (Å²) < 4.78 is 11.1. The summed E-state index contributed by atoms with van der Waals surface area (Å²) in [4.78, 5) is 23.6. The zero-order chi connectivity index (χ0) is 18.4. The third-order valence-corrected chi connectivity index (χ3v) is 4.04. The molecule has 0 heterocycles. The molecule has 0 aliphatic rings. The second kappa shape index (κ2) is 8.49. The van der Waals surface area contributed by atoms with E-state index in [1.54, 1.807) is 24.3 Å². The van der Waals surface area contributed by atoms with Gasteiger partial charge >= 0.3 is 5.97 Å². The summed E-state index contributed by atoms with van der Waals surface area (Å²) in [5.41, 5.74) is 0.648. The molecule has 0 aliphatic carbocycles. The molecular weight excluding hydrogens is 398 g/mol. The monoisotopic (exact) mass is 413 g/mol. The summed E-state index contributed by atoms with van der Waals surface area (Å²) in [7, 11) is 0. The van der Waals surface area contributed by atoms with Crippen LogP contribution in [0.25, 0.3) is 10.8 Å². The molecule has 0 aromatic heterocycles. The summed E-state index contributed by atoms with van der Waals surface area (Å²) in [6.07, 6.45) is 0. The largest absolute Gasteiger partial charge is 0.482 e. The summed E-state index contributed by atoms with van der Waals surface area (Å²) >= 11 is 3.32. The maximum absolute atomic E-state index is 11.9. The van der Waals surface area contributed by atoms with Crippen LogP contribution in [0.3, 0.4) is 0 Å². The number of carbonyl (C=O) groups is 2. The van der Waals surface area contributed by atoms with Crippen molar-refractivity contribution in [3.8, 4) is 5.75 Å². The van der Waals surface area contributed by atoms with Gasteiger partial charge in [-0.25, -0.2) is 4.79 Å². The fourth-order valence-corrected chi connectivity index (χ4v) is 2.73. The number of amides is 1. The second-order valence-electron chi connectivity index (χ2n) is 5.52. The van der Waals surface area contributed by atoms with E-state index in [1.807, 2.05) is 42.5 Å². The molecule has 1 amide bonds. The van der Waals surface area contributed by atoms with Crippen molar-refractivity contribution in [2.45, 2.75) is 0 Å². The van der Waals surface area contributed by atoms with Crippen molar-refractivity contribution in [2.24, 2.45) is 0 Å². The number of anilines is 1. The van der Waals surface area contributed by atoms with Crippen LogP contribution in [0.5, 0.6) is 5.75 Å². The van der Waals surface area contributed by atoms with Crippen LogP contribution in [0.4, 0.5) is 5.69 Å². The fourth-order valence-electron chi connectivity index (χ4n) is 2.35. The molecular formula is C20H16BrNO4. The molecule has 3 aromatic rings. The molecule has 5 nitrogen and oxygen atoms in total. The highest BCUT2D eigenvalue weighted by molar-refractivity contribution is 9.10. The van der Waals surface area contributed by atoms with E-state index in [0.717, 1.165) is 15.2 Å².